The normalized spacial score (nSPS) is 10.3. The van der Waals surface area contributed by atoms with Gasteiger partial charge in [0.15, 0.2) is 6.29 Å². The first-order valence-corrected chi connectivity index (χ1v) is 6.67. The molecule has 0 aliphatic heterocycles. The van der Waals surface area contributed by atoms with Crippen molar-refractivity contribution in [2.45, 2.75) is 17.6 Å². The van der Waals surface area contributed by atoms with Crippen molar-refractivity contribution in [1.29, 1.82) is 0 Å². The second kappa shape index (κ2) is 5.27. The van der Waals surface area contributed by atoms with Crippen molar-refractivity contribution in [2.75, 3.05) is 0 Å². The van der Waals surface area contributed by atoms with Gasteiger partial charge in [-0.05, 0) is 19.1 Å². The predicted molar refractivity (Wildman–Crippen MR) is 68.2 cm³/mol. The molecule has 16 heavy (non-hydrogen) atoms. The summed E-state index contributed by atoms with van der Waals surface area (Å²) in [5.41, 5.74) is 1.27. The average Bonchev–Trinajstić information content (AvgIpc) is 2.76. The van der Waals surface area contributed by atoms with Crippen molar-refractivity contribution >= 4 is 29.4 Å². The second-order valence-corrected chi connectivity index (χ2v) is 5.57. The lowest BCUT2D eigenvalue weighted by Crippen LogP contribution is -1.78. The maximum absolute atomic E-state index is 10.5. The van der Waals surface area contributed by atoms with Gasteiger partial charge < -0.3 is 0 Å². The van der Waals surface area contributed by atoms with E-state index in [9.17, 15) is 4.79 Å². The van der Waals surface area contributed by atoms with Gasteiger partial charge in [-0.25, -0.2) is 4.98 Å². The van der Waals surface area contributed by atoms with Crippen LogP contribution in [0.2, 0.25) is 0 Å². The van der Waals surface area contributed by atoms with E-state index in [1.54, 1.807) is 18.0 Å². The Morgan fingerprint density at radius 1 is 1.38 bits per heavy atom. The summed E-state index contributed by atoms with van der Waals surface area (Å²) < 4.78 is 0. The highest BCUT2D eigenvalue weighted by molar-refractivity contribution is 7.98. The van der Waals surface area contributed by atoms with Crippen molar-refractivity contribution < 1.29 is 4.79 Å². The van der Waals surface area contributed by atoms with Crippen molar-refractivity contribution in [3.05, 3.63) is 45.9 Å². The van der Waals surface area contributed by atoms with Crippen LogP contribution in [0, 0.1) is 6.92 Å². The van der Waals surface area contributed by atoms with Crippen LogP contribution in [0.15, 0.2) is 35.4 Å². The second-order valence-electron chi connectivity index (χ2n) is 3.38. The van der Waals surface area contributed by atoms with Crippen LogP contribution < -0.4 is 0 Å². The average molecular weight is 249 g/mol. The summed E-state index contributed by atoms with van der Waals surface area (Å²) >= 11 is 3.19. The molecule has 1 aromatic heterocycles. The Hall–Kier alpha value is -1.13. The zero-order valence-electron chi connectivity index (χ0n) is 8.84. The van der Waals surface area contributed by atoms with Gasteiger partial charge in [0.2, 0.25) is 0 Å². The summed E-state index contributed by atoms with van der Waals surface area (Å²) in [5, 5.41) is 0.993. The van der Waals surface area contributed by atoms with E-state index in [-0.39, 0.29) is 0 Å². The minimum Gasteiger partial charge on any atom is -0.297 e. The number of thiazole rings is 1. The van der Waals surface area contributed by atoms with Gasteiger partial charge in [0.1, 0.15) is 5.01 Å². The van der Waals surface area contributed by atoms with Gasteiger partial charge in [-0.2, -0.15) is 0 Å². The SMILES string of the molecule is Cc1ccc(SCc2ncc(C=O)s2)cc1. The minimum absolute atomic E-state index is 0.694. The number of rotatable bonds is 4. The van der Waals surface area contributed by atoms with Gasteiger partial charge in [0, 0.05) is 11.1 Å². The molecule has 0 N–H and O–H groups in total. The number of hydrogen-bond acceptors (Lipinski definition) is 4. The van der Waals surface area contributed by atoms with E-state index in [1.807, 2.05) is 0 Å². The molecule has 0 saturated heterocycles. The molecule has 0 radical (unpaired) electrons. The Labute approximate surface area is 103 Å². The van der Waals surface area contributed by atoms with Crippen LogP contribution in [0.1, 0.15) is 20.2 Å². The lowest BCUT2D eigenvalue weighted by Gasteiger charge is -1.99. The van der Waals surface area contributed by atoms with Crippen LogP contribution in [0.4, 0.5) is 0 Å². The molecule has 2 rings (SSSR count). The lowest BCUT2D eigenvalue weighted by atomic mass is 10.2. The Morgan fingerprint density at radius 3 is 2.75 bits per heavy atom. The molecule has 0 aliphatic carbocycles. The molecule has 0 unspecified atom stereocenters. The van der Waals surface area contributed by atoms with Crippen molar-refractivity contribution in [1.82, 2.24) is 4.98 Å². The van der Waals surface area contributed by atoms with E-state index in [0.717, 1.165) is 17.0 Å². The van der Waals surface area contributed by atoms with E-state index in [0.29, 0.717) is 4.88 Å². The Morgan fingerprint density at radius 2 is 2.12 bits per heavy atom. The van der Waals surface area contributed by atoms with Crippen LogP contribution in [0.3, 0.4) is 0 Å². The number of benzene rings is 1. The van der Waals surface area contributed by atoms with Gasteiger partial charge >= 0.3 is 0 Å². The summed E-state index contributed by atoms with van der Waals surface area (Å²) in [4.78, 5) is 16.6. The number of nitrogens with zero attached hydrogens (tertiary/aromatic N) is 1. The molecule has 0 amide bonds. The molecule has 2 aromatic rings. The van der Waals surface area contributed by atoms with E-state index in [4.69, 9.17) is 0 Å². The van der Waals surface area contributed by atoms with Gasteiger partial charge in [-0.15, -0.1) is 23.1 Å². The molecule has 0 saturated carbocycles. The third-order valence-corrected chi connectivity index (χ3v) is 4.20. The predicted octanol–water partition coefficient (Wildman–Crippen LogP) is 3.56. The maximum Gasteiger partial charge on any atom is 0.161 e. The highest BCUT2D eigenvalue weighted by atomic mass is 32.2. The molecule has 0 bridgehead atoms. The summed E-state index contributed by atoms with van der Waals surface area (Å²) in [6.45, 7) is 2.08. The molecule has 0 spiro atoms. The first-order valence-electron chi connectivity index (χ1n) is 4.87. The van der Waals surface area contributed by atoms with Crippen LogP contribution in [0.25, 0.3) is 0 Å². The van der Waals surface area contributed by atoms with Crippen LogP contribution in [0.5, 0.6) is 0 Å². The number of hydrogen-bond donors (Lipinski definition) is 0. The molecule has 0 aliphatic rings. The van der Waals surface area contributed by atoms with E-state index in [1.165, 1.54) is 21.8 Å². The molecule has 2 nitrogen and oxygen atoms in total. The summed E-state index contributed by atoms with van der Waals surface area (Å²) in [5.74, 6) is 0.821. The molecule has 82 valence electrons. The fraction of sp³-hybridized carbons (Fsp3) is 0.167. The zero-order chi connectivity index (χ0) is 11.4. The fourth-order valence-electron chi connectivity index (χ4n) is 1.23. The molecule has 0 atom stereocenters. The van der Waals surface area contributed by atoms with Crippen molar-refractivity contribution in [3.8, 4) is 0 Å². The molecule has 1 aromatic carbocycles. The largest absolute Gasteiger partial charge is 0.297 e. The topological polar surface area (TPSA) is 30.0 Å². The van der Waals surface area contributed by atoms with Crippen molar-refractivity contribution in [2.24, 2.45) is 0 Å². The monoisotopic (exact) mass is 249 g/mol. The van der Waals surface area contributed by atoms with Crippen molar-refractivity contribution in [3.63, 3.8) is 0 Å². The van der Waals surface area contributed by atoms with E-state index in [2.05, 4.69) is 36.2 Å². The molecular weight excluding hydrogens is 238 g/mol. The third-order valence-electron chi connectivity index (χ3n) is 2.07. The third kappa shape index (κ3) is 2.93. The van der Waals surface area contributed by atoms with Gasteiger partial charge in [-0.1, -0.05) is 17.7 Å². The molecule has 1 heterocycles. The highest BCUT2D eigenvalue weighted by Crippen LogP contribution is 2.24. The summed E-state index contributed by atoms with van der Waals surface area (Å²) in [6.07, 6.45) is 2.47. The standard InChI is InChI=1S/C12H11NOS2/c1-9-2-4-10(5-3-9)15-8-12-13-6-11(7-14)16-12/h2-7H,8H2,1H3. The van der Waals surface area contributed by atoms with Crippen LogP contribution >= 0.6 is 23.1 Å². The number of aryl methyl sites for hydroxylation is 1. The highest BCUT2D eigenvalue weighted by Gasteiger charge is 2.01. The fourth-order valence-corrected chi connectivity index (χ4v) is 2.86. The number of carbonyl (C=O) groups excluding carboxylic acids is 1. The van der Waals surface area contributed by atoms with E-state index < -0.39 is 0 Å². The van der Waals surface area contributed by atoms with Gasteiger partial charge in [0.05, 0.1) is 10.6 Å². The molecule has 4 heteroatoms. The first kappa shape index (κ1) is 11.4. The van der Waals surface area contributed by atoms with Gasteiger partial charge in [-0.3, -0.25) is 4.79 Å². The van der Waals surface area contributed by atoms with Crippen LogP contribution in [-0.4, -0.2) is 11.3 Å². The maximum atomic E-state index is 10.5. The summed E-state index contributed by atoms with van der Waals surface area (Å²) in [7, 11) is 0. The number of aldehydes is 1. The quantitative estimate of drug-likeness (QED) is 0.613. The Bertz CT molecular complexity index is 476. The Kier molecular flexibility index (Phi) is 3.74. The smallest absolute Gasteiger partial charge is 0.161 e. The lowest BCUT2D eigenvalue weighted by molar-refractivity contribution is 0.112. The number of aromatic nitrogens is 1. The van der Waals surface area contributed by atoms with E-state index >= 15 is 0 Å². The first-order chi connectivity index (χ1) is 7.78. The summed E-state index contributed by atoms with van der Waals surface area (Å²) in [6, 6.07) is 8.41. The van der Waals surface area contributed by atoms with Crippen LogP contribution in [-0.2, 0) is 5.75 Å². The molecule has 0 fully saturated rings. The minimum atomic E-state index is 0.694. The number of thioether (sulfide) groups is 1. The molecular formula is C12H11NOS2. The Balaban J connectivity index is 1.96. The zero-order valence-corrected chi connectivity index (χ0v) is 10.5. The number of carbonyl (C=O) groups is 1. The van der Waals surface area contributed by atoms with Gasteiger partial charge in [0.25, 0.3) is 0 Å².